The molecule has 2 aromatic heterocycles. The Kier molecular flexibility index (Phi) is 6.76. The molecule has 2 heterocycles. The average molecular weight is 422 g/mol. The van der Waals surface area contributed by atoms with Crippen molar-refractivity contribution in [2.45, 2.75) is 19.9 Å². The molecule has 8 nitrogen and oxygen atoms in total. The summed E-state index contributed by atoms with van der Waals surface area (Å²) in [6, 6.07) is 10.3. The number of carbonyl (C=O) groups excluding carboxylic acids is 2. The first-order valence-corrected chi connectivity index (χ1v) is 9.64. The Hall–Kier alpha value is -4.01. The van der Waals surface area contributed by atoms with Crippen molar-refractivity contribution in [1.82, 2.24) is 9.97 Å². The standard InChI is InChI=1S/C22H23FN6O2/c1-3-21(30)29(2)17-6-4-16(5-7-17)28-20-9-19(18(13-27-20)22(24)31)26-11-14-8-15(23)12-25-10-14/h4-10,12-13H,3,11H2,1-2H3,(H2,24,31)(H2,26,27,28). The summed E-state index contributed by atoms with van der Waals surface area (Å²) in [4.78, 5) is 33.2. The second-order valence-corrected chi connectivity index (χ2v) is 6.82. The normalized spacial score (nSPS) is 10.4. The maximum Gasteiger partial charge on any atom is 0.252 e. The van der Waals surface area contributed by atoms with Gasteiger partial charge in [-0.15, -0.1) is 0 Å². The van der Waals surface area contributed by atoms with Crippen molar-refractivity contribution < 1.29 is 14.0 Å². The van der Waals surface area contributed by atoms with Crippen molar-refractivity contribution >= 4 is 34.7 Å². The number of carbonyl (C=O) groups is 2. The molecule has 0 aliphatic carbocycles. The number of hydrogen-bond donors (Lipinski definition) is 3. The number of nitrogens with two attached hydrogens (primary N) is 1. The lowest BCUT2D eigenvalue weighted by Crippen LogP contribution is -2.24. The van der Waals surface area contributed by atoms with Gasteiger partial charge in [0.1, 0.15) is 11.6 Å². The summed E-state index contributed by atoms with van der Waals surface area (Å²) < 4.78 is 13.3. The largest absolute Gasteiger partial charge is 0.380 e. The van der Waals surface area contributed by atoms with Gasteiger partial charge < -0.3 is 21.3 Å². The molecule has 0 saturated heterocycles. The van der Waals surface area contributed by atoms with Crippen LogP contribution in [0.5, 0.6) is 0 Å². The molecular weight excluding hydrogens is 399 g/mol. The van der Waals surface area contributed by atoms with Gasteiger partial charge in [-0.2, -0.15) is 0 Å². The summed E-state index contributed by atoms with van der Waals surface area (Å²) in [5.74, 6) is -0.572. The van der Waals surface area contributed by atoms with Crippen LogP contribution in [-0.4, -0.2) is 28.8 Å². The van der Waals surface area contributed by atoms with Crippen LogP contribution in [0.4, 0.5) is 27.3 Å². The van der Waals surface area contributed by atoms with E-state index in [1.54, 1.807) is 18.0 Å². The second-order valence-electron chi connectivity index (χ2n) is 6.82. The van der Waals surface area contributed by atoms with Crippen molar-refractivity contribution in [2.75, 3.05) is 22.6 Å². The van der Waals surface area contributed by atoms with Gasteiger partial charge in [0.15, 0.2) is 0 Å². The van der Waals surface area contributed by atoms with Gasteiger partial charge in [-0.3, -0.25) is 14.6 Å². The highest BCUT2D eigenvalue weighted by molar-refractivity contribution is 5.98. The zero-order chi connectivity index (χ0) is 22.4. The van der Waals surface area contributed by atoms with Crippen molar-refractivity contribution in [1.29, 1.82) is 0 Å². The third-order valence-corrected chi connectivity index (χ3v) is 4.62. The van der Waals surface area contributed by atoms with E-state index < -0.39 is 11.7 Å². The van der Waals surface area contributed by atoms with Crippen LogP contribution in [0.1, 0.15) is 29.3 Å². The number of nitrogens with zero attached hydrogens (tertiary/aromatic N) is 3. The van der Waals surface area contributed by atoms with E-state index in [0.717, 1.165) is 17.6 Å². The molecule has 0 unspecified atom stereocenters. The lowest BCUT2D eigenvalue weighted by molar-refractivity contribution is -0.118. The van der Waals surface area contributed by atoms with Gasteiger partial charge in [-0.25, -0.2) is 9.37 Å². The van der Waals surface area contributed by atoms with Crippen molar-refractivity contribution in [3.8, 4) is 0 Å². The van der Waals surface area contributed by atoms with Crippen molar-refractivity contribution in [3.05, 3.63) is 71.9 Å². The van der Waals surface area contributed by atoms with Gasteiger partial charge in [0.05, 0.1) is 17.4 Å². The number of rotatable bonds is 8. The summed E-state index contributed by atoms with van der Waals surface area (Å²) >= 11 is 0. The van der Waals surface area contributed by atoms with E-state index in [4.69, 9.17) is 5.73 Å². The Bertz CT molecular complexity index is 1090. The van der Waals surface area contributed by atoms with Crippen molar-refractivity contribution in [3.63, 3.8) is 0 Å². The van der Waals surface area contributed by atoms with Crippen LogP contribution < -0.4 is 21.3 Å². The van der Waals surface area contributed by atoms with E-state index in [1.165, 1.54) is 18.5 Å². The molecule has 3 rings (SSSR count). The number of primary amides is 1. The predicted octanol–water partition coefficient (Wildman–Crippen LogP) is 3.44. The molecule has 9 heteroatoms. The number of pyridine rings is 2. The third kappa shape index (κ3) is 5.53. The molecule has 0 bridgehead atoms. The van der Waals surface area contributed by atoms with Crippen LogP contribution in [0.15, 0.2) is 55.0 Å². The van der Waals surface area contributed by atoms with E-state index in [-0.39, 0.29) is 18.0 Å². The van der Waals surface area contributed by atoms with Crippen LogP contribution >= 0.6 is 0 Å². The molecule has 0 aliphatic heterocycles. The molecule has 160 valence electrons. The minimum Gasteiger partial charge on any atom is -0.380 e. The van der Waals surface area contributed by atoms with Gasteiger partial charge in [0.25, 0.3) is 5.91 Å². The summed E-state index contributed by atoms with van der Waals surface area (Å²) in [6.45, 7) is 2.06. The summed E-state index contributed by atoms with van der Waals surface area (Å²) in [7, 11) is 1.73. The first-order valence-electron chi connectivity index (χ1n) is 9.64. The van der Waals surface area contributed by atoms with Crippen LogP contribution in [0.3, 0.4) is 0 Å². The number of hydrogen-bond acceptors (Lipinski definition) is 6. The molecular formula is C22H23FN6O2. The number of anilines is 4. The molecule has 31 heavy (non-hydrogen) atoms. The predicted molar refractivity (Wildman–Crippen MR) is 118 cm³/mol. The molecule has 0 saturated carbocycles. The number of halogens is 1. The topological polar surface area (TPSA) is 113 Å². The fraction of sp³-hybridized carbons (Fsp3) is 0.182. The first kappa shape index (κ1) is 21.7. The van der Waals surface area contributed by atoms with Gasteiger partial charge in [0.2, 0.25) is 5.91 Å². The van der Waals surface area contributed by atoms with E-state index in [1.807, 2.05) is 31.2 Å². The Morgan fingerprint density at radius 2 is 1.87 bits per heavy atom. The zero-order valence-electron chi connectivity index (χ0n) is 17.2. The highest BCUT2D eigenvalue weighted by atomic mass is 19.1. The Morgan fingerprint density at radius 1 is 1.13 bits per heavy atom. The van der Waals surface area contributed by atoms with Gasteiger partial charge in [-0.05, 0) is 35.9 Å². The SMILES string of the molecule is CCC(=O)N(C)c1ccc(Nc2cc(NCc3cncc(F)c3)c(C(N)=O)cn2)cc1. The second kappa shape index (κ2) is 9.66. The molecule has 0 aliphatic rings. The van der Waals surface area contributed by atoms with Gasteiger partial charge in [-0.1, -0.05) is 6.92 Å². The van der Waals surface area contributed by atoms with Crippen molar-refractivity contribution in [2.24, 2.45) is 5.73 Å². The van der Waals surface area contributed by atoms with E-state index in [0.29, 0.717) is 23.5 Å². The van der Waals surface area contributed by atoms with Crippen LogP contribution in [0.2, 0.25) is 0 Å². The highest BCUT2D eigenvalue weighted by Gasteiger charge is 2.12. The maximum absolute atomic E-state index is 13.3. The third-order valence-electron chi connectivity index (χ3n) is 4.62. The van der Waals surface area contributed by atoms with E-state index in [2.05, 4.69) is 20.6 Å². The Balaban J connectivity index is 1.76. The molecule has 3 aromatic rings. The Morgan fingerprint density at radius 3 is 2.52 bits per heavy atom. The van der Waals surface area contributed by atoms with Crippen LogP contribution in [-0.2, 0) is 11.3 Å². The number of amides is 2. The first-order chi connectivity index (χ1) is 14.9. The molecule has 0 spiro atoms. The number of nitrogens with one attached hydrogen (secondary N) is 2. The van der Waals surface area contributed by atoms with E-state index >= 15 is 0 Å². The quantitative estimate of drug-likeness (QED) is 0.512. The molecule has 0 radical (unpaired) electrons. The monoisotopic (exact) mass is 422 g/mol. The number of aromatic nitrogens is 2. The van der Waals surface area contributed by atoms with Crippen LogP contribution in [0, 0.1) is 5.82 Å². The smallest absolute Gasteiger partial charge is 0.252 e. The summed E-state index contributed by atoms with van der Waals surface area (Å²) in [6.07, 6.45) is 4.45. The Labute approximate surface area is 179 Å². The lowest BCUT2D eigenvalue weighted by atomic mass is 10.2. The molecule has 0 fully saturated rings. The molecule has 2 amide bonds. The summed E-state index contributed by atoms with van der Waals surface area (Å²) in [5, 5.41) is 6.22. The van der Waals surface area contributed by atoms with Gasteiger partial charge in [0, 0.05) is 49.8 Å². The molecule has 4 N–H and O–H groups in total. The molecule has 1 aromatic carbocycles. The van der Waals surface area contributed by atoms with Gasteiger partial charge >= 0.3 is 0 Å². The summed E-state index contributed by atoms with van der Waals surface area (Å²) in [5.41, 5.74) is 8.26. The minimum atomic E-state index is -0.633. The van der Waals surface area contributed by atoms with E-state index in [9.17, 15) is 14.0 Å². The fourth-order valence-corrected chi connectivity index (χ4v) is 2.91. The minimum absolute atomic E-state index is 0.0219. The number of benzene rings is 1. The lowest BCUT2D eigenvalue weighted by Gasteiger charge is -2.17. The zero-order valence-corrected chi connectivity index (χ0v) is 17.2. The van der Waals surface area contributed by atoms with Crippen LogP contribution in [0.25, 0.3) is 0 Å². The highest BCUT2D eigenvalue weighted by Crippen LogP contribution is 2.24. The molecule has 0 atom stereocenters. The maximum atomic E-state index is 13.3. The average Bonchev–Trinajstić information content (AvgIpc) is 2.77. The fourth-order valence-electron chi connectivity index (χ4n) is 2.91.